The van der Waals surface area contributed by atoms with Gasteiger partial charge >= 0.3 is 6.18 Å². The summed E-state index contributed by atoms with van der Waals surface area (Å²) in [6.45, 7) is 8.63. The molecule has 2 rings (SSSR count). The lowest BCUT2D eigenvalue weighted by atomic mass is 10.1. The molecule has 0 aliphatic carbocycles. The lowest BCUT2D eigenvalue weighted by molar-refractivity contribution is -0.137. The number of hydrogen-bond donors (Lipinski definition) is 2. The number of alkyl halides is 3. The van der Waals surface area contributed by atoms with E-state index in [-0.39, 0.29) is 6.04 Å². The van der Waals surface area contributed by atoms with E-state index in [2.05, 4.69) is 20.8 Å². The fourth-order valence-corrected chi connectivity index (χ4v) is 2.73. The number of nitrogens with zero attached hydrogens (tertiary/aromatic N) is 2. The highest BCUT2D eigenvalue weighted by molar-refractivity contribution is 5.80. The average Bonchev–Trinajstić information content (AvgIpc) is 2.93. The van der Waals surface area contributed by atoms with Gasteiger partial charge in [-0.3, -0.25) is 4.99 Å². The molecule has 1 heterocycles. The number of guanidine groups is 1. The third-order valence-corrected chi connectivity index (χ3v) is 4.22. The Hall–Kier alpha value is -2.51. The van der Waals surface area contributed by atoms with Crippen molar-refractivity contribution < 1.29 is 17.7 Å². The van der Waals surface area contributed by atoms with Crippen LogP contribution in [0.3, 0.4) is 0 Å². The molecular weight excluding hydrogens is 357 g/mol. The maximum absolute atomic E-state index is 12.9. The van der Waals surface area contributed by atoms with Gasteiger partial charge in [-0.1, -0.05) is 17.3 Å². The van der Waals surface area contributed by atoms with Crippen LogP contribution in [0.15, 0.2) is 33.8 Å². The predicted molar refractivity (Wildman–Crippen MR) is 98.7 cm³/mol. The van der Waals surface area contributed by atoms with Crippen molar-refractivity contribution in [3.8, 4) is 0 Å². The minimum atomic E-state index is -4.36. The molecule has 0 bridgehead atoms. The van der Waals surface area contributed by atoms with Gasteiger partial charge in [-0.15, -0.1) is 0 Å². The first-order valence-corrected chi connectivity index (χ1v) is 8.86. The molecule has 8 heteroatoms. The molecule has 5 nitrogen and oxygen atoms in total. The van der Waals surface area contributed by atoms with Crippen molar-refractivity contribution in [2.45, 2.75) is 46.3 Å². The van der Waals surface area contributed by atoms with Crippen LogP contribution in [0, 0.1) is 13.8 Å². The Labute approximate surface area is 157 Å². The number of halogens is 3. The molecule has 0 spiro atoms. The Morgan fingerprint density at radius 2 is 2.04 bits per heavy atom. The number of rotatable bonds is 6. The summed E-state index contributed by atoms with van der Waals surface area (Å²) in [5, 5.41) is 10.2. The lowest BCUT2D eigenvalue weighted by Gasteiger charge is -2.19. The summed E-state index contributed by atoms with van der Waals surface area (Å²) in [6.07, 6.45) is -3.68. The summed E-state index contributed by atoms with van der Waals surface area (Å²) in [6, 6.07) is 4.98. The Balaban J connectivity index is 2.06. The zero-order valence-electron chi connectivity index (χ0n) is 15.9. The molecule has 0 aliphatic rings. The van der Waals surface area contributed by atoms with Crippen molar-refractivity contribution in [3.63, 3.8) is 0 Å². The highest BCUT2D eigenvalue weighted by atomic mass is 19.4. The van der Waals surface area contributed by atoms with Gasteiger partial charge in [0, 0.05) is 18.7 Å². The molecule has 1 aromatic carbocycles. The van der Waals surface area contributed by atoms with Gasteiger partial charge in [0.2, 0.25) is 0 Å². The zero-order valence-corrected chi connectivity index (χ0v) is 15.9. The van der Waals surface area contributed by atoms with Gasteiger partial charge in [0.05, 0.1) is 17.3 Å². The van der Waals surface area contributed by atoms with Crippen LogP contribution in [-0.4, -0.2) is 24.2 Å². The highest BCUT2D eigenvalue weighted by Gasteiger charge is 2.30. The summed E-state index contributed by atoms with van der Waals surface area (Å²) in [7, 11) is 0. The summed E-state index contributed by atoms with van der Waals surface area (Å²) >= 11 is 0. The molecule has 0 amide bonds. The molecule has 1 atom stereocenters. The van der Waals surface area contributed by atoms with E-state index in [1.54, 1.807) is 13.0 Å². The first kappa shape index (κ1) is 20.8. The third-order valence-electron chi connectivity index (χ3n) is 4.22. The van der Waals surface area contributed by atoms with Gasteiger partial charge in [0.25, 0.3) is 0 Å². The number of aliphatic imine (C=N–C) groups is 1. The highest BCUT2D eigenvalue weighted by Crippen LogP contribution is 2.30. The average molecular weight is 382 g/mol. The van der Waals surface area contributed by atoms with Crippen molar-refractivity contribution in [1.82, 2.24) is 15.8 Å². The predicted octanol–water partition coefficient (Wildman–Crippen LogP) is 4.17. The van der Waals surface area contributed by atoms with Gasteiger partial charge in [0.1, 0.15) is 5.76 Å². The van der Waals surface area contributed by atoms with E-state index < -0.39 is 11.7 Å². The Morgan fingerprint density at radius 1 is 1.30 bits per heavy atom. The van der Waals surface area contributed by atoms with Crippen LogP contribution < -0.4 is 10.6 Å². The van der Waals surface area contributed by atoms with Gasteiger partial charge in [-0.25, -0.2) is 0 Å². The number of hydrogen-bond acceptors (Lipinski definition) is 3. The SMILES string of the molecule is CCNC(=NCCc1c(C)noc1C)NC(C)c1cccc(C(F)(F)F)c1. The van der Waals surface area contributed by atoms with Crippen LogP contribution in [0.1, 0.15) is 48.0 Å². The van der Waals surface area contributed by atoms with Crippen molar-refractivity contribution in [3.05, 3.63) is 52.4 Å². The standard InChI is InChI=1S/C19H25F3N4O/c1-5-23-18(24-10-9-17-13(3)26-27-14(17)4)25-12(2)15-7-6-8-16(11-15)19(20,21)22/h6-8,11-12H,5,9-10H2,1-4H3,(H2,23,24,25). The summed E-state index contributed by atoms with van der Waals surface area (Å²) in [4.78, 5) is 4.51. The molecular formula is C19H25F3N4O. The largest absolute Gasteiger partial charge is 0.416 e. The Morgan fingerprint density at radius 3 is 2.63 bits per heavy atom. The minimum Gasteiger partial charge on any atom is -0.361 e. The summed E-state index contributed by atoms with van der Waals surface area (Å²) in [5.41, 5.74) is 1.76. The zero-order chi connectivity index (χ0) is 20.0. The topological polar surface area (TPSA) is 62.5 Å². The van der Waals surface area contributed by atoms with Crippen LogP contribution in [0.4, 0.5) is 13.2 Å². The molecule has 0 aliphatic heterocycles. The Kier molecular flexibility index (Phi) is 6.87. The van der Waals surface area contributed by atoms with Crippen LogP contribution in [0.25, 0.3) is 0 Å². The monoisotopic (exact) mass is 382 g/mol. The van der Waals surface area contributed by atoms with Gasteiger partial charge < -0.3 is 15.2 Å². The second-order valence-electron chi connectivity index (χ2n) is 6.30. The van der Waals surface area contributed by atoms with Crippen LogP contribution >= 0.6 is 0 Å². The molecule has 1 aromatic heterocycles. The van der Waals surface area contributed by atoms with E-state index >= 15 is 0 Å². The van der Waals surface area contributed by atoms with E-state index in [4.69, 9.17) is 4.52 Å². The third kappa shape index (κ3) is 5.74. The van der Waals surface area contributed by atoms with E-state index in [0.29, 0.717) is 31.0 Å². The number of aromatic nitrogens is 1. The molecule has 0 fully saturated rings. The summed E-state index contributed by atoms with van der Waals surface area (Å²) < 4.78 is 43.9. The van der Waals surface area contributed by atoms with Crippen LogP contribution in [0.2, 0.25) is 0 Å². The molecule has 0 saturated heterocycles. The number of nitrogens with one attached hydrogen (secondary N) is 2. The number of benzene rings is 1. The molecule has 2 aromatic rings. The molecule has 27 heavy (non-hydrogen) atoms. The number of aryl methyl sites for hydroxylation is 2. The van der Waals surface area contributed by atoms with E-state index in [1.165, 1.54) is 6.07 Å². The molecule has 2 N–H and O–H groups in total. The van der Waals surface area contributed by atoms with Crippen LogP contribution in [0.5, 0.6) is 0 Å². The van der Waals surface area contributed by atoms with E-state index in [9.17, 15) is 13.2 Å². The van der Waals surface area contributed by atoms with Crippen molar-refractivity contribution in [2.24, 2.45) is 4.99 Å². The van der Waals surface area contributed by atoms with E-state index in [0.717, 1.165) is 29.2 Å². The maximum atomic E-state index is 12.9. The normalized spacial score (nSPS) is 13.5. The maximum Gasteiger partial charge on any atom is 0.416 e. The lowest BCUT2D eigenvalue weighted by Crippen LogP contribution is -2.39. The first-order chi connectivity index (χ1) is 12.7. The summed E-state index contributed by atoms with van der Waals surface area (Å²) in [5.74, 6) is 1.33. The fourth-order valence-electron chi connectivity index (χ4n) is 2.73. The quantitative estimate of drug-likeness (QED) is 0.581. The van der Waals surface area contributed by atoms with Gasteiger partial charge in [0.15, 0.2) is 5.96 Å². The molecule has 148 valence electrons. The first-order valence-electron chi connectivity index (χ1n) is 8.86. The smallest absolute Gasteiger partial charge is 0.361 e. The van der Waals surface area contributed by atoms with Gasteiger partial charge in [-0.2, -0.15) is 13.2 Å². The fraction of sp³-hybridized carbons (Fsp3) is 0.474. The van der Waals surface area contributed by atoms with Crippen molar-refractivity contribution in [1.29, 1.82) is 0 Å². The molecule has 0 radical (unpaired) electrons. The second-order valence-corrected chi connectivity index (χ2v) is 6.30. The molecule has 0 saturated carbocycles. The van der Waals surface area contributed by atoms with E-state index in [1.807, 2.05) is 20.8 Å². The molecule has 1 unspecified atom stereocenters. The van der Waals surface area contributed by atoms with Crippen molar-refractivity contribution >= 4 is 5.96 Å². The van der Waals surface area contributed by atoms with Crippen molar-refractivity contribution in [2.75, 3.05) is 13.1 Å². The van der Waals surface area contributed by atoms with Gasteiger partial charge in [-0.05, 0) is 51.8 Å². The Bertz CT molecular complexity index is 764. The minimum absolute atomic E-state index is 0.329. The van der Waals surface area contributed by atoms with Crippen LogP contribution in [-0.2, 0) is 12.6 Å². The second kappa shape index (κ2) is 8.92.